The van der Waals surface area contributed by atoms with Crippen molar-refractivity contribution in [2.24, 2.45) is 11.8 Å². The second-order valence-corrected chi connectivity index (χ2v) is 10.5. The number of carbonyl (C=O) groups excluding carboxylic acids is 1. The first-order chi connectivity index (χ1) is 15.8. The number of halogens is 9. The second-order valence-electron chi connectivity index (χ2n) is 7.90. The molecule has 0 N–H and O–H groups in total. The van der Waals surface area contributed by atoms with Crippen molar-refractivity contribution in [2.45, 2.75) is 76.3 Å². The van der Waals surface area contributed by atoms with Crippen molar-refractivity contribution < 1.29 is 67.1 Å². The van der Waals surface area contributed by atoms with Crippen LogP contribution in [-0.2, 0) is 27.5 Å². The molecule has 16 heteroatoms. The van der Waals surface area contributed by atoms with Crippen LogP contribution in [0.1, 0.15) is 40.0 Å². The Morgan fingerprint density at radius 3 is 1.66 bits per heavy atom. The molecule has 2 fully saturated rings. The number of carbonyl (C=O) groups is 1. The molecule has 35 heavy (non-hydrogen) atoms. The molecule has 208 valence electrons. The van der Waals surface area contributed by atoms with Crippen LogP contribution in [0.3, 0.4) is 0 Å². The average molecular weight is 553 g/mol. The van der Waals surface area contributed by atoms with E-state index in [1.54, 1.807) is 0 Å². The van der Waals surface area contributed by atoms with E-state index < -0.39 is 62.8 Å². The normalized spacial score (nSPS) is 26.3. The number of rotatable bonds is 11. The third kappa shape index (κ3) is 5.91. The molecule has 2 aliphatic carbocycles. The van der Waals surface area contributed by atoms with Crippen LogP contribution in [-0.4, -0.2) is 71.4 Å². The van der Waals surface area contributed by atoms with Crippen LogP contribution in [0, 0.1) is 11.8 Å². The SMILES string of the molecule is CCO[Si](C)(OCC)OCC.COC(=O)C(F)(F)C(F)(F)C(F)(F)OC1(F)C2CCC(C2)C1(F)F. The standard InChI is InChI=1S/C12H11F9O3.C7H18O3Si/c1-23-7(22)9(15,16)11(18,19)12(20,21)24-10(17)6-3-2-5(4-6)8(10,13)14;1-5-8-11(4,9-6-2)10-7-3/h5-6H,2-4H2,1H3;5-7H2,1-4H3. The fraction of sp³-hybridized carbons (Fsp3) is 0.947. The monoisotopic (exact) mass is 552 g/mol. The van der Waals surface area contributed by atoms with Gasteiger partial charge in [0.2, 0.25) is 0 Å². The Morgan fingerprint density at radius 1 is 0.886 bits per heavy atom. The maximum absolute atomic E-state index is 14.3. The van der Waals surface area contributed by atoms with Crippen LogP contribution >= 0.6 is 0 Å². The Balaban J connectivity index is 0.000000471. The maximum atomic E-state index is 14.3. The summed E-state index contributed by atoms with van der Waals surface area (Å²) in [5.41, 5.74) is 0. The van der Waals surface area contributed by atoms with Crippen LogP contribution in [0.4, 0.5) is 39.5 Å². The Kier molecular flexibility index (Phi) is 10.1. The molecule has 0 amide bonds. The van der Waals surface area contributed by atoms with Crippen LogP contribution in [0.15, 0.2) is 0 Å². The van der Waals surface area contributed by atoms with Crippen molar-refractivity contribution >= 4 is 14.8 Å². The number of ether oxygens (including phenoxy) is 2. The number of hydrogen-bond acceptors (Lipinski definition) is 6. The summed E-state index contributed by atoms with van der Waals surface area (Å²) in [6.07, 6.45) is -7.61. The number of fused-ring (bicyclic) bond motifs is 2. The summed E-state index contributed by atoms with van der Waals surface area (Å²) in [4.78, 5) is 10.6. The molecule has 0 saturated heterocycles. The predicted octanol–water partition coefficient (Wildman–Crippen LogP) is 5.44. The van der Waals surface area contributed by atoms with E-state index in [2.05, 4.69) is 9.47 Å². The third-order valence-electron chi connectivity index (χ3n) is 5.62. The van der Waals surface area contributed by atoms with Gasteiger partial charge >= 0.3 is 38.6 Å². The van der Waals surface area contributed by atoms with E-state index in [4.69, 9.17) is 13.3 Å². The lowest BCUT2D eigenvalue weighted by Gasteiger charge is -2.40. The van der Waals surface area contributed by atoms with Crippen LogP contribution in [0.5, 0.6) is 0 Å². The van der Waals surface area contributed by atoms with Gasteiger partial charge in [0.1, 0.15) is 0 Å². The lowest BCUT2D eigenvalue weighted by atomic mass is 9.91. The van der Waals surface area contributed by atoms with Gasteiger partial charge in [-0.3, -0.25) is 4.74 Å². The van der Waals surface area contributed by atoms with Crippen LogP contribution in [0.25, 0.3) is 0 Å². The molecule has 3 unspecified atom stereocenters. The minimum Gasteiger partial charge on any atom is -0.464 e. The van der Waals surface area contributed by atoms with E-state index in [0.29, 0.717) is 19.8 Å². The molecule has 2 saturated carbocycles. The van der Waals surface area contributed by atoms with Gasteiger partial charge in [0.15, 0.2) is 0 Å². The fourth-order valence-electron chi connectivity index (χ4n) is 3.95. The highest BCUT2D eigenvalue weighted by Crippen LogP contribution is 2.64. The van der Waals surface area contributed by atoms with Gasteiger partial charge < -0.3 is 18.0 Å². The highest BCUT2D eigenvalue weighted by Gasteiger charge is 2.82. The molecular weight excluding hydrogens is 523 g/mol. The van der Waals surface area contributed by atoms with Crippen molar-refractivity contribution in [2.75, 3.05) is 26.9 Å². The summed E-state index contributed by atoms with van der Waals surface area (Å²) in [6.45, 7) is 9.73. The summed E-state index contributed by atoms with van der Waals surface area (Å²) in [6, 6.07) is 0. The Bertz CT molecular complexity index is 710. The van der Waals surface area contributed by atoms with Gasteiger partial charge in [0.25, 0.3) is 5.85 Å². The molecule has 0 aliphatic heterocycles. The minimum atomic E-state index is -6.62. The van der Waals surface area contributed by atoms with E-state index >= 15 is 0 Å². The van der Waals surface area contributed by atoms with Crippen molar-refractivity contribution in [3.63, 3.8) is 0 Å². The smallest absolute Gasteiger partial charge is 0.464 e. The minimum absolute atomic E-state index is 0.214. The molecule has 0 spiro atoms. The van der Waals surface area contributed by atoms with Gasteiger partial charge in [0.05, 0.1) is 7.11 Å². The number of methoxy groups -OCH3 is 1. The predicted molar refractivity (Wildman–Crippen MR) is 104 cm³/mol. The molecular formula is C19H29F9O6Si. The van der Waals surface area contributed by atoms with Crippen molar-refractivity contribution in [3.8, 4) is 0 Å². The first-order valence-corrected chi connectivity index (χ1v) is 13.0. The molecule has 0 aromatic carbocycles. The quantitative estimate of drug-likeness (QED) is 0.194. The number of esters is 1. The van der Waals surface area contributed by atoms with Gasteiger partial charge in [-0.2, -0.15) is 35.1 Å². The molecule has 0 aromatic heterocycles. The summed E-state index contributed by atoms with van der Waals surface area (Å²) < 4.78 is 145. The Morgan fingerprint density at radius 2 is 1.31 bits per heavy atom. The highest BCUT2D eigenvalue weighted by atomic mass is 28.4. The lowest BCUT2D eigenvalue weighted by Crippen LogP contribution is -2.64. The zero-order chi connectivity index (χ0) is 27.5. The molecule has 2 aliphatic rings. The van der Waals surface area contributed by atoms with Gasteiger partial charge in [-0.25, -0.2) is 9.18 Å². The van der Waals surface area contributed by atoms with E-state index in [1.807, 2.05) is 27.3 Å². The third-order valence-corrected chi connectivity index (χ3v) is 8.06. The number of hydrogen-bond donors (Lipinski definition) is 0. The van der Waals surface area contributed by atoms with Crippen LogP contribution < -0.4 is 0 Å². The molecule has 3 atom stereocenters. The zero-order valence-electron chi connectivity index (χ0n) is 19.7. The zero-order valence-corrected chi connectivity index (χ0v) is 20.7. The van der Waals surface area contributed by atoms with Gasteiger partial charge in [0, 0.05) is 38.2 Å². The van der Waals surface area contributed by atoms with Gasteiger partial charge in [-0.1, -0.05) is 0 Å². The molecule has 0 radical (unpaired) electrons. The largest absolute Gasteiger partial charge is 0.497 e. The Hall–Kier alpha value is -1.10. The van der Waals surface area contributed by atoms with Gasteiger partial charge in [-0.15, -0.1) is 0 Å². The average Bonchev–Trinajstić information content (AvgIpc) is 3.30. The van der Waals surface area contributed by atoms with Crippen molar-refractivity contribution in [1.29, 1.82) is 0 Å². The Labute approximate surface area is 197 Å². The van der Waals surface area contributed by atoms with Gasteiger partial charge in [-0.05, 0) is 40.0 Å². The van der Waals surface area contributed by atoms with E-state index in [-0.39, 0.29) is 20.0 Å². The van der Waals surface area contributed by atoms with E-state index in [0.717, 1.165) is 0 Å². The molecule has 0 heterocycles. The topological polar surface area (TPSA) is 63.2 Å². The van der Waals surface area contributed by atoms with Crippen LogP contribution in [0.2, 0.25) is 6.55 Å². The molecule has 2 bridgehead atoms. The van der Waals surface area contributed by atoms with E-state index in [9.17, 15) is 44.3 Å². The molecule has 0 aromatic rings. The molecule has 6 nitrogen and oxygen atoms in total. The first-order valence-electron chi connectivity index (χ1n) is 10.7. The fourth-order valence-corrected chi connectivity index (χ4v) is 5.77. The lowest BCUT2D eigenvalue weighted by molar-refractivity contribution is -0.461. The number of alkyl halides is 9. The maximum Gasteiger partial charge on any atom is 0.497 e. The summed E-state index contributed by atoms with van der Waals surface area (Å²) in [5.74, 6) is -28.5. The van der Waals surface area contributed by atoms with Crippen molar-refractivity contribution in [3.05, 3.63) is 0 Å². The second kappa shape index (κ2) is 11.1. The highest BCUT2D eigenvalue weighted by molar-refractivity contribution is 6.59. The van der Waals surface area contributed by atoms with E-state index in [1.165, 1.54) is 0 Å². The summed E-state index contributed by atoms with van der Waals surface area (Å²) >= 11 is 0. The molecule has 2 rings (SSSR count). The van der Waals surface area contributed by atoms with Crippen molar-refractivity contribution in [1.82, 2.24) is 0 Å². The summed E-state index contributed by atoms with van der Waals surface area (Å²) in [5, 5.41) is 0. The first kappa shape index (κ1) is 31.9. The summed E-state index contributed by atoms with van der Waals surface area (Å²) in [7, 11) is -2.04.